The number of nitrogens with one attached hydrogen (secondary N) is 1. The van der Waals surface area contributed by atoms with E-state index < -0.39 is 6.04 Å². The number of rotatable bonds is 5. The summed E-state index contributed by atoms with van der Waals surface area (Å²) in [5.74, 6) is -0.260. The molecule has 0 radical (unpaired) electrons. The third-order valence-electron chi connectivity index (χ3n) is 2.81. The SMILES string of the molecule is CC(C(=O)Nc1c(Cl)cc(N)cc1Cl)N(C)CCO. The molecule has 19 heavy (non-hydrogen) atoms. The van der Waals surface area contributed by atoms with E-state index in [9.17, 15) is 4.79 Å². The zero-order valence-corrected chi connectivity index (χ0v) is 12.3. The molecule has 0 bridgehead atoms. The number of carbonyl (C=O) groups is 1. The molecule has 0 fully saturated rings. The Morgan fingerprint density at radius 1 is 1.47 bits per heavy atom. The molecule has 5 nitrogen and oxygen atoms in total. The highest BCUT2D eigenvalue weighted by atomic mass is 35.5. The maximum atomic E-state index is 12.0. The number of nitrogens with zero attached hydrogens (tertiary/aromatic N) is 1. The number of carbonyl (C=O) groups excluding carboxylic acids is 1. The lowest BCUT2D eigenvalue weighted by molar-refractivity contribution is -0.120. The molecule has 1 rings (SSSR count). The highest BCUT2D eigenvalue weighted by molar-refractivity contribution is 6.40. The Morgan fingerprint density at radius 3 is 2.47 bits per heavy atom. The number of hydrogen-bond acceptors (Lipinski definition) is 4. The molecule has 1 unspecified atom stereocenters. The molecule has 7 heteroatoms. The Morgan fingerprint density at radius 2 is 2.00 bits per heavy atom. The lowest BCUT2D eigenvalue weighted by Crippen LogP contribution is -2.41. The van der Waals surface area contributed by atoms with Gasteiger partial charge < -0.3 is 16.2 Å². The summed E-state index contributed by atoms with van der Waals surface area (Å²) in [4.78, 5) is 13.8. The molecule has 0 aliphatic heterocycles. The van der Waals surface area contributed by atoms with Crippen LogP contribution in [0.3, 0.4) is 0 Å². The van der Waals surface area contributed by atoms with E-state index in [1.54, 1.807) is 18.9 Å². The fourth-order valence-electron chi connectivity index (χ4n) is 1.49. The number of amides is 1. The minimum atomic E-state index is -0.420. The van der Waals surface area contributed by atoms with Crippen LogP contribution < -0.4 is 11.1 Å². The van der Waals surface area contributed by atoms with Crippen molar-refractivity contribution < 1.29 is 9.90 Å². The van der Waals surface area contributed by atoms with E-state index in [0.717, 1.165) is 0 Å². The Kier molecular flexibility index (Phi) is 5.87. The van der Waals surface area contributed by atoms with Gasteiger partial charge in [0, 0.05) is 12.2 Å². The van der Waals surface area contributed by atoms with Crippen molar-refractivity contribution in [2.45, 2.75) is 13.0 Å². The lowest BCUT2D eigenvalue weighted by atomic mass is 10.2. The molecule has 1 amide bonds. The third-order valence-corrected chi connectivity index (χ3v) is 3.40. The first-order chi connectivity index (χ1) is 8.86. The number of anilines is 2. The van der Waals surface area contributed by atoms with Crippen LogP contribution in [0.25, 0.3) is 0 Å². The van der Waals surface area contributed by atoms with Crippen LogP contribution in [0.2, 0.25) is 10.0 Å². The molecular weight excluding hydrogens is 289 g/mol. The summed E-state index contributed by atoms with van der Waals surface area (Å²) >= 11 is 12.0. The van der Waals surface area contributed by atoms with Crippen LogP contribution in [0.15, 0.2) is 12.1 Å². The minimum absolute atomic E-state index is 0.0164. The molecule has 0 aromatic heterocycles. The van der Waals surface area contributed by atoms with Crippen molar-refractivity contribution in [3.8, 4) is 0 Å². The average Bonchev–Trinajstić information content (AvgIpc) is 2.32. The predicted octanol–water partition coefficient (Wildman–Crippen LogP) is 1.83. The first-order valence-corrected chi connectivity index (χ1v) is 6.49. The zero-order valence-electron chi connectivity index (χ0n) is 10.8. The monoisotopic (exact) mass is 305 g/mol. The van der Waals surface area contributed by atoms with E-state index in [0.29, 0.717) is 17.9 Å². The molecular formula is C12H17Cl2N3O2. The number of nitrogens with two attached hydrogens (primary N) is 1. The van der Waals surface area contributed by atoms with Gasteiger partial charge in [-0.1, -0.05) is 23.2 Å². The first-order valence-electron chi connectivity index (χ1n) is 5.73. The standard InChI is InChI=1S/C12H17Cl2N3O2/c1-7(17(2)3-4-18)12(19)16-11-9(13)5-8(15)6-10(11)14/h5-7,18H,3-4,15H2,1-2H3,(H,16,19). The van der Waals surface area contributed by atoms with Crippen LogP contribution in [-0.4, -0.2) is 42.2 Å². The van der Waals surface area contributed by atoms with Crippen molar-refractivity contribution in [1.29, 1.82) is 0 Å². The van der Waals surface area contributed by atoms with Gasteiger partial charge in [0.2, 0.25) is 5.91 Å². The number of nitrogen functional groups attached to an aromatic ring is 1. The molecule has 1 aromatic rings. The van der Waals surface area contributed by atoms with Crippen LogP contribution in [0, 0.1) is 0 Å². The van der Waals surface area contributed by atoms with Gasteiger partial charge in [-0.3, -0.25) is 9.69 Å². The Bertz CT molecular complexity index is 445. The lowest BCUT2D eigenvalue weighted by Gasteiger charge is -2.23. The second-order valence-corrected chi connectivity index (χ2v) is 5.04. The van der Waals surface area contributed by atoms with Crippen molar-refractivity contribution >= 4 is 40.5 Å². The number of hydrogen-bond donors (Lipinski definition) is 3. The van der Waals surface area contributed by atoms with Crippen molar-refractivity contribution in [3.63, 3.8) is 0 Å². The summed E-state index contributed by atoms with van der Waals surface area (Å²) in [6.07, 6.45) is 0. The van der Waals surface area contributed by atoms with Gasteiger partial charge in [-0.05, 0) is 26.1 Å². The molecule has 0 saturated carbocycles. The highest BCUT2D eigenvalue weighted by Gasteiger charge is 2.19. The van der Waals surface area contributed by atoms with Crippen molar-refractivity contribution in [1.82, 2.24) is 4.90 Å². The molecule has 0 saturated heterocycles. The molecule has 106 valence electrons. The minimum Gasteiger partial charge on any atom is -0.399 e. The van der Waals surface area contributed by atoms with Gasteiger partial charge in [0.05, 0.1) is 28.4 Å². The quantitative estimate of drug-likeness (QED) is 0.725. The van der Waals surface area contributed by atoms with Gasteiger partial charge in [0.25, 0.3) is 0 Å². The van der Waals surface area contributed by atoms with Crippen LogP contribution in [-0.2, 0) is 4.79 Å². The number of aliphatic hydroxyl groups is 1. The molecule has 0 aliphatic carbocycles. The molecule has 0 spiro atoms. The second kappa shape index (κ2) is 6.96. The summed E-state index contributed by atoms with van der Waals surface area (Å²) in [7, 11) is 1.74. The Hall–Kier alpha value is -1.01. The molecule has 1 aromatic carbocycles. The van der Waals surface area contributed by atoms with E-state index in [1.165, 1.54) is 12.1 Å². The summed E-state index contributed by atoms with van der Waals surface area (Å²) in [5.41, 5.74) is 6.36. The summed E-state index contributed by atoms with van der Waals surface area (Å²) in [6, 6.07) is 2.62. The van der Waals surface area contributed by atoms with Crippen LogP contribution >= 0.6 is 23.2 Å². The van der Waals surface area contributed by atoms with E-state index in [4.69, 9.17) is 34.0 Å². The summed E-state index contributed by atoms with van der Waals surface area (Å²) in [6.45, 7) is 2.11. The van der Waals surface area contributed by atoms with E-state index in [1.807, 2.05) is 0 Å². The Labute approximate surface area is 122 Å². The first kappa shape index (κ1) is 16.0. The van der Waals surface area contributed by atoms with Crippen molar-refractivity contribution in [3.05, 3.63) is 22.2 Å². The number of halogens is 2. The fraction of sp³-hybridized carbons (Fsp3) is 0.417. The highest BCUT2D eigenvalue weighted by Crippen LogP contribution is 2.32. The third kappa shape index (κ3) is 4.24. The van der Waals surface area contributed by atoms with E-state index in [-0.39, 0.29) is 22.6 Å². The van der Waals surface area contributed by atoms with Gasteiger partial charge in [0.1, 0.15) is 0 Å². The van der Waals surface area contributed by atoms with Gasteiger partial charge in [-0.2, -0.15) is 0 Å². The predicted molar refractivity (Wildman–Crippen MR) is 78.7 cm³/mol. The molecule has 1 atom stereocenters. The van der Waals surface area contributed by atoms with E-state index in [2.05, 4.69) is 5.32 Å². The molecule has 0 heterocycles. The number of benzene rings is 1. The topological polar surface area (TPSA) is 78.6 Å². The van der Waals surface area contributed by atoms with E-state index >= 15 is 0 Å². The van der Waals surface area contributed by atoms with Crippen LogP contribution in [0.5, 0.6) is 0 Å². The maximum absolute atomic E-state index is 12.0. The summed E-state index contributed by atoms with van der Waals surface area (Å²) < 4.78 is 0. The number of aliphatic hydroxyl groups excluding tert-OH is 1. The maximum Gasteiger partial charge on any atom is 0.241 e. The number of likely N-dealkylation sites (N-methyl/N-ethyl adjacent to an activating group) is 1. The normalized spacial score (nSPS) is 12.5. The van der Waals surface area contributed by atoms with Gasteiger partial charge >= 0.3 is 0 Å². The van der Waals surface area contributed by atoms with Gasteiger partial charge in [-0.25, -0.2) is 0 Å². The van der Waals surface area contributed by atoms with Crippen molar-refractivity contribution in [2.75, 3.05) is 31.2 Å². The van der Waals surface area contributed by atoms with Crippen LogP contribution in [0.1, 0.15) is 6.92 Å². The summed E-state index contributed by atoms with van der Waals surface area (Å²) in [5, 5.41) is 12.1. The fourth-order valence-corrected chi connectivity index (χ4v) is 2.09. The zero-order chi connectivity index (χ0) is 14.6. The van der Waals surface area contributed by atoms with Crippen LogP contribution in [0.4, 0.5) is 11.4 Å². The molecule has 0 aliphatic rings. The largest absolute Gasteiger partial charge is 0.399 e. The smallest absolute Gasteiger partial charge is 0.241 e. The van der Waals surface area contributed by atoms with Crippen molar-refractivity contribution in [2.24, 2.45) is 0 Å². The van der Waals surface area contributed by atoms with Gasteiger partial charge in [-0.15, -0.1) is 0 Å². The average molecular weight is 306 g/mol. The second-order valence-electron chi connectivity index (χ2n) is 4.23. The molecule has 4 N–H and O–H groups in total. The van der Waals surface area contributed by atoms with Gasteiger partial charge in [0.15, 0.2) is 0 Å². The Balaban J connectivity index is 2.83.